The Hall–Kier alpha value is -0.650. The van der Waals surface area contributed by atoms with Gasteiger partial charge in [0.2, 0.25) is 10.0 Å². The number of nitrogens with zero attached hydrogens (tertiary/aromatic N) is 1. The van der Waals surface area contributed by atoms with E-state index in [1.165, 1.54) is 0 Å². The Bertz CT molecular complexity index is 513. The van der Waals surface area contributed by atoms with Crippen LogP contribution in [0.25, 0.3) is 0 Å². The highest BCUT2D eigenvalue weighted by atomic mass is 32.3. The molecular weight excluding hydrogens is 276 g/mol. The van der Waals surface area contributed by atoms with Gasteiger partial charge in [-0.15, -0.1) is 0 Å². The van der Waals surface area contributed by atoms with Gasteiger partial charge in [-0.05, 0) is 18.8 Å². The van der Waals surface area contributed by atoms with Crippen LogP contribution >= 0.6 is 0 Å². The lowest BCUT2D eigenvalue weighted by Gasteiger charge is -2.26. The van der Waals surface area contributed by atoms with E-state index in [-0.39, 0.29) is 5.92 Å². The van der Waals surface area contributed by atoms with E-state index in [1.54, 1.807) is 0 Å². The fourth-order valence-electron chi connectivity index (χ4n) is 2.20. The molecule has 0 radical (unpaired) electrons. The topological polar surface area (TPSA) is 104 Å². The van der Waals surface area contributed by atoms with E-state index in [0.29, 0.717) is 0 Å². The van der Waals surface area contributed by atoms with Gasteiger partial charge in [-0.3, -0.25) is 0 Å². The SMILES string of the molecule is CS(=O)(=O)CS(=O)(=O)NC(C#N)C1CCCCC1. The summed E-state index contributed by atoms with van der Waals surface area (Å²) in [4.78, 5) is 0. The number of sulfone groups is 1. The van der Waals surface area contributed by atoms with Gasteiger partial charge in [0.05, 0.1) is 6.07 Å². The van der Waals surface area contributed by atoms with Gasteiger partial charge in [-0.25, -0.2) is 16.8 Å². The van der Waals surface area contributed by atoms with E-state index < -0.39 is 31.0 Å². The molecule has 1 rings (SSSR count). The lowest BCUT2D eigenvalue weighted by Crippen LogP contribution is -2.42. The normalized spacial score (nSPS) is 20.2. The van der Waals surface area contributed by atoms with Crippen molar-refractivity contribution in [3.8, 4) is 6.07 Å². The maximum atomic E-state index is 11.6. The molecule has 1 aliphatic carbocycles. The third-order valence-electron chi connectivity index (χ3n) is 2.94. The van der Waals surface area contributed by atoms with Crippen molar-refractivity contribution in [3.63, 3.8) is 0 Å². The Balaban J connectivity index is 2.71. The molecule has 0 heterocycles. The number of nitrogens with one attached hydrogen (secondary N) is 1. The van der Waals surface area contributed by atoms with Gasteiger partial charge < -0.3 is 0 Å². The largest absolute Gasteiger partial charge is 0.228 e. The molecule has 1 atom stereocenters. The zero-order chi connectivity index (χ0) is 13.8. The van der Waals surface area contributed by atoms with Gasteiger partial charge in [0, 0.05) is 6.26 Å². The van der Waals surface area contributed by atoms with E-state index in [4.69, 9.17) is 5.26 Å². The van der Waals surface area contributed by atoms with Crippen molar-refractivity contribution in [2.45, 2.75) is 38.1 Å². The second-order valence-corrected chi connectivity index (χ2v) is 9.04. The first-order valence-electron chi connectivity index (χ1n) is 5.81. The van der Waals surface area contributed by atoms with Gasteiger partial charge in [0.15, 0.2) is 14.9 Å². The zero-order valence-corrected chi connectivity index (χ0v) is 11.9. The second kappa shape index (κ2) is 5.99. The smallest absolute Gasteiger partial charge is 0.227 e. The summed E-state index contributed by atoms with van der Waals surface area (Å²) in [6, 6.07) is 1.11. The molecular formula is C10H18N2O4S2. The summed E-state index contributed by atoms with van der Waals surface area (Å²) < 4.78 is 47.4. The first-order valence-corrected chi connectivity index (χ1v) is 9.52. The van der Waals surface area contributed by atoms with Crippen molar-refractivity contribution in [1.82, 2.24) is 4.72 Å². The fourth-order valence-corrected chi connectivity index (χ4v) is 5.36. The molecule has 1 aliphatic rings. The average molecular weight is 294 g/mol. The lowest BCUT2D eigenvalue weighted by molar-refractivity contribution is 0.324. The van der Waals surface area contributed by atoms with Gasteiger partial charge in [0.25, 0.3) is 0 Å². The van der Waals surface area contributed by atoms with Gasteiger partial charge in [0.1, 0.15) is 6.04 Å². The number of rotatable bonds is 5. The first kappa shape index (κ1) is 15.4. The molecule has 104 valence electrons. The number of nitriles is 1. The minimum absolute atomic E-state index is 0.0157. The van der Waals surface area contributed by atoms with E-state index in [0.717, 1.165) is 38.4 Å². The number of hydrogen-bond donors (Lipinski definition) is 1. The molecule has 0 amide bonds. The van der Waals surface area contributed by atoms with Crippen LogP contribution in [0.5, 0.6) is 0 Å². The molecule has 0 spiro atoms. The molecule has 1 unspecified atom stereocenters. The molecule has 1 fully saturated rings. The standard InChI is InChI=1S/C10H18N2O4S2/c1-17(13,14)8-18(15,16)12-10(7-11)9-5-3-2-4-6-9/h9-10,12H,2-6,8H2,1H3. The van der Waals surface area contributed by atoms with Crippen LogP contribution in [0.3, 0.4) is 0 Å². The highest BCUT2D eigenvalue weighted by Gasteiger charge is 2.29. The van der Waals surface area contributed by atoms with Gasteiger partial charge in [-0.2, -0.15) is 9.98 Å². The third kappa shape index (κ3) is 5.33. The Morgan fingerprint density at radius 2 is 1.78 bits per heavy atom. The number of hydrogen-bond acceptors (Lipinski definition) is 5. The molecule has 0 bridgehead atoms. The maximum absolute atomic E-state index is 11.6. The third-order valence-corrected chi connectivity index (χ3v) is 6.50. The summed E-state index contributed by atoms with van der Waals surface area (Å²) in [6.45, 7) is 0. The van der Waals surface area contributed by atoms with Crippen LogP contribution in [-0.4, -0.2) is 34.2 Å². The van der Waals surface area contributed by atoms with Crippen molar-refractivity contribution >= 4 is 19.9 Å². The maximum Gasteiger partial charge on any atom is 0.227 e. The molecule has 1 N–H and O–H groups in total. The second-order valence-electron chi connectivity index (χ2n) is 4.78. The average Bonchev–Trinajstić information content (AvgIpc) is 2.24. The summed E-state index contributed by atoms with van der Waals surface area (Å²) in [5.41, 5.74) is 0. The van der Waals surface area contributed by atoms with Crippen molar-refractivity contribution in [1.29, 1.82) is 5.26 Å². The van der Waals surface area contributed by atoms with Crippen LogP contribution in [0, 0.1) is 17.2 Å². The molecule has 18 heavy (non-hydrogen) atoms. The molecule has 0 aliphatic heterocycles. The van der Waals surface area contributed by atoms with Crippen molar-refractivity contribution < 1.29 is 16.8 Å². The van der Waals surface area contributed by atoms with Crippen molar-refractivity contribution in [3.05, 3.63) is 0 Å². The zero-order valence-electron chi connectivity index (χ0n) is 10.3. The van der Waals surface area contributed by atoms with Crippen LogP contribution in [0.2, 0.25) is 0 Å². The van der Waals surface area contributed by atoms with Crippen molar-refractivity contribution in [2.24, 2.45) is 5.92 Å². The fraction of sp³-hybridized carbons (Fsp3) is 0.900. The minimum atomic E-state index is -3.96. The van der Waals surface area contributed by atoms with Crippen LogP contribution in [0.1, 0.15) is 32.1 Å². The van der Waals surface area contributed by atoms with Gasteiger partial charge >= 0.3 is 0 Å². The van der Waals surface area contributed by atoms with E-state index in [9.17, 15) is 16.8 Å². The lowest BCUT2D eigenvalue weighted by atomic mass is 9.85. The molecule has 8 heteroatoms. The molecule has 1 saturated carbocycles. The summed E-state index contributed by atoms with van der Waals surface area (Å²) >= 11 is 0. The van der Waals surface area contributed by atoms with Crippen molar-refractivity contribution in [2.75, 3.05) is 11.3 Å². The first-order chi connectivity index (χ1) is 8.23. The highest BCUT2D eigenvalue weighted by molar-refractivity contribution is 8.06. The Labute approximate surface area is 108 Å². The summed E-state index contributed by atoms with van der Waals surface area (Å²) in [7, 11) is -7.59. The molecule has 6 nitrogen and oxygen atoms in total. The van der Waals surface area contributed by atoms with Crippen LogP contribution in [0.15, 0.2) is 0 Å². The Morgan fingerprint density at radius 3 is 2.22 bits per heavy atom. The van der Waals surface area contributed by atoms with E-state index in [2.05, 4.69) is 4.72 Å². The predicted molar refractivity (Wildman–Crippen MR) is 67.7 cm³/mol. The molecule has 0 aromatic heterocycles. The molecule has 0 saturated heterocycles. The monoisotopic (exact) mass is 294 g/mol. The predicted octanol–water partition coefficient (Wildman–Crippen LogP) is 0.380. The minimum Gasteiger partial charge on any atom is -0.228 e. The highest BCUT2D eigenvalue weighted by Crippen LogP contribution is 2.26. The summed E-state index contributed by atoms with van der Waals surface area (Å²) in [6.07, 6.45) is 5.53. The van der Waals surface area contributed by atoms with Gasteiger partial charge in [-0.1, -0.05) is 19.3 Å². The summed E-state index contributed by atoms with van der Waals surface area (Å²) in [5, 5.41) is 8.05. The van der Waals surface area contributed by atoms with E-state index >= 15 is 0 Å². The Kier molecular flexibility index (Phi) is 5.13. The Morgan fingerprint density at radius 1 is 1.22 bits per heavy atom. The summed E-state index contributed by atoms with van der Waals surface area (Å²) in [5.74, 6) is -0.0157. The van der Waals surface area contributed by atoms with Crippen LogP contribution in [-0.2, 0) is 19.9 Å². The van der Waals surface area contributed by atoms with E-state index in [1.807, 2.05) is 6.07 Å². The molecule has 0 aromatic carbocycles. The number of sulfonamides is 1. The molecule has 0 aromatic rings. The quantitative estimate of drug-likeness (QED) is 0.789. The van der Waals surface area contributed by atoms with Crippen LogP contribution < -0.4 is 4.72 Å². The van der Waals surface area contributed by atoms with Crippen LogP contribution in [0.4, 0.5) is 0 Å².